The van der Waals surface area contributed by atoms with E-state index in [1.165, 1.54) is 15.9 Å². The highest BCUT2D eigenvalue weighted by atomic mass is 35.5. The lowest BCUT2D eigenvalue weighted by atomic mass is 10.0. The molecule has 0 bridgehead atoms. The first kappa shape index (κ1) is 33.0. The van der Waals surface area contributed by atoms with E-state index in [2.05, 4.69) is 58.5 Å². The van der Waals surface area contributed by atoms with Crippen molar-refractivity contribution in [3.63, 3.8) is 0 Å². The molecule has 1 aliphatic carbocycles. The van der Waals surface area contributed by atoms with Crippen molar-refractivity contribution in [2.24, 2.45) is 10.8 Å². The summed E-state index contributed by atoms with van der Waals surface area (Å²) in [6.45, 7) is 14.5. The number of carboxylic acid groups (broad SMARTS) is 1. The van der Waals surface area contributed by atoms with Gasteiger partial charge >= 0.3 is 5.97 Å². The van der Waals surface area contributed by atoms with Gasteiger partial charge in [-0.3, -0.25) is 19.2 Å². The van der Waals surface area contributed by atoms with Gasteiger partial charge in [-0.15, -0.1) is 11.3 Å². The number of aromatic nitrogens is 4. The number of nitriles is 1. The van der Waals surface area contributed by atoms with Crippen LogP contribution in [0.15, 0.2) is 46.8 Å². The van der Waals surface area contributed by atoms with Crippen molar-refractivity contribution in [1.82, 2.24) is 24.4 Å². The molecule has 1 saturated heterocycles. The summed E-state index contributed by atoms with van der Waals surface area (Å²) in [7, 11) is 0. The fourth-order valence-corrected chi connectivity index (χ4v) is 8.77. The summed E-state index contributed by atoms with van der Waals surface area (Å²) in [6, 6.07) is 9.82. The number of rotatable bonds is 8. The normalized spacial score (nSPS) is 17.4. The number of fused-ring (bicyclic) bond motifs is 2. The first-order valence-corrected chi connectivity index (χ1v) is 17.4. The van der Waals surface area contributed by atoms with Gasteiger partial charge in [-0.2, -0.15) is 5.26 Å². The van der Waals surface area contributed by atoms with E-state index in [4.69, 9.17) is 16.3 Å². The number of hydrogen-bond acceptors (Lipinski definition) is 10. The van der Waals surface area contributed by atoms with Crippen molar-refractivity contribution in [3.8, 4) is 22.9 Å². The highest BCUT2D eigenvalue weighted by Gasteiger charge is 2.66. The molecule has 0 atom stereocenters. The number of piperazine rings is 1. The Bertz CT molecular complexity index is 2230. The molecule has 4 aromatic heterocycles. The van der Waals surface area contributed by atoms with E-state index in [0.717, 1.165) is 18.7 Å². The van der Waals surface area contributed by atoms with Crippen LogP contribution in [-0.4, -0.2) is 74.3 Å². The number of nitrogens with zero attached hydrogens (tertiary/aromatic N) is 7. The van der Waals surface area contributed by atoms with Crippen LogP contribution in [-0.2, 0) is 6.54 Å². The first-order valence-electron chi connectivity index (χ1n) is 16.2. The fraction of sp³-hybridized carbons (Fsp3) is 0.389. The zero-order valence-electron chi connectivity index (χ0n) is 28.0. The van der Waals surface area contributed by atoms with Crippen LogP contribution >= 0.6 is 22.9 Å². The maximum atomic E-state index is 14.0. The minimum absolute atomic E-state index is 0.122. The predicted molar refractivity (Wildman–Crippen MR) is 191 cm³/mol. The fourth-order valence-electron chi connectivity index (χ4n) is 7.57. The average molecular weight is 698 g/mol. The predicted octanol–water partition coefficient (Wildman–Crippen LogP) is 6.24. The molecule has 11 nitrogen and oxygen atoms in total. The smallest absolute Gasteiger partial charge is 0.338 e. The Labute approximate surface area is 292 Å². The number of benzene rings is 1. The van der Waals surface area contributed by atoms with E-state index in [-0.39, 0.29) is 46.1 Å². The molecular formula is C36H36ClN7O4S. The number of carbonyl (C=O) groups is 1. The molecule has 1 saturated carbocycles. The average Bonchev–Trinajstić information content (AvgIpc) is 3.32. The van der Waals surface area contributed by atoms with Gasteiger partial charge in [0.25, 0.3) is 5.56 Å². The molecule has 2 aliphatic rings. The Morgan fingerprint density at radius 2 is 1.86 bits per heavy atom. The van der Waals surface area contributed by atoms with Crippen LogP contribution in [0.25, 0.3) is 32.2 Å². The third-order valence-corrected chi connectivity index (χ3v) is 11.9. The Morgan fingerprint density at radius 3 is 2.53 bits per heavy atom. The van der Waals surface area contributed by atoms with Gasteiger partial charge < -0.3 is 14.7 Å². The zero-order chi connectivity index (χ0) is 34.8. The van der Waals surface area contributed by atoms with Gasteiger partial charge in [-0.25, -0.2) is 14.8 Å². The molecule has 5 aromatic rings. The van der Waals surface area contributed by atoms with Crippen molar-refractivity contribution >= 4 is 55.8 Å². The SMILES string of the molecule is Cc1nc2cnc(N3CCN(C4C(C)(C)C4(C)C)CC3)c(C#N)c2c(=O)n1CCOc1ccc(Cl)cc1-c1ccnc2c(C(=O)O)csc12. The van der Waals surface area contributed by atoms with E-state index in [9.17, 15) is 20.0 Å². The van der Waals surface area contributed by atoms with E-state index >= 15 is 0 Å². The monoisotopic (exact) mass is 697 g/mol. The van der Waals surface area contributed by atoms with Crippen molar-refractivity contribution in [1.29, 1.82) is 5.26 Å². The number of aromatic carboxylic acids is 1. The lowest BCUT2D eigenvalue weighted by molar-refractivity contribution is 0.0699. The van der Waals surface area contributed by atoms with Crippen LogP contribution in [0.3, 0.4) is 0 Å². The maximum Gasteiger partial charge on any atom is 0.338 e. The van der Waals surface area contributed by atoms with Crippen molar-refractivity contribution in [2.45, 2.75) is 47.2 Å². The summed E-state index contributed by atoms with van der Waals surface area (Å²) in [5, 5.41) is 22.3. The van der Waals surface area contributed by atoms with Crippen LogP contribution in [0.5, 0.6) is 5.75 Å². The Morgan fingerprint density at radius 1 is 1.12 bits per heavy atom. The van der Waals surface area contributed by atoms with Gasteiger partial charge in [-0.05, 0) is 42.0 Å². The molecule has 5 heterocycles. The zero-order valence-corrected chi connectivity index (χ0v) is 29.5. The second kappa shape index (κ2) is 12.1. The minimum Gasteiger partial charge on any atom is -0.491 e. The molecule has 7 rings (SSSR count). The second-order valence-corrected chi connectivity index (χ2v) is 15.1. The Hall–Kier alpha value is -4.57. The number of thiophene rings is 1. The van der Waals surface area contributed by atoms with Gasteiger partial charge in [0.05, 0.1) is 39.4 Å². The lowest BCUT2D eigenvalue weighted by Gasteiger charge is -2.37. The number of aryl methyl sites for hydroxylation is 1. The summed E-state index contributed by atoms with van der Waals surface area (Å²) in [5.74, 6) is 0.469. The van der Waals surface area contributed by atoms with Gasteiger partial charge in [0.2, 0.25) is 0 Å². The van der Waals surface area contributed by atoms with Gasteiger partial charge in [0.1, 0.15) is 35.6 Å². The quantitative estimate of drug-likeness (QED) is 0.198. The largest absolute Gasteiger partial charge is 0.491 e. The summed E-state index contributed by atoms with van der Waals surface area (Å²) in [4.78, 5) is 44.0. The molecule has 49 heavy (non-hydrogen) atoms. The summed E-state index contributed by atoms with van der Waals surface area (Å²) in [5.41, 5.74) is 2.76. The summed E-state index contributed by atoms with van der Waals surface area (Å²) in [6.07, 6.45) is 3.16. The number of pyridine rings is 2. The second-order valence-electron chi connectivity index (χ2n) is 13.8. The molecule has 1 aliphatic heterocycles. The number of hydrogen-bond donors (Lipinski definition) is 1. The van der Waals surface area contributed by atoms with Crippen molar-refractivity contribution in [2.75, 3.05) is 37.7 Å². The third kappa shape index (κ3) is 5.41. The molecule has 0 radical (unpaired) electrons. The topological polar surface area (TPSA) is 137 Å². The third-order valence-electron chi connectivity index (χ3n) is 10.7. The maximum absolute atomic E-state index is 14.0. The molecule has 2 fully saturated rings. The molecule has 0 spiro atoms. The molecule has 252 valence electrons. The number of carboxylic acids is 1. The molecular weight excluding hydrogens is 662 g/mol. The van der Waals surface area contributed by atoms with Crippen LogP contribution in [0.1, 0.15) is 49.4 Å². The minimum atomic E-state index is -1.05. The van der Waals surface area contributed by atoms with Crippen LogP contribution < -0.4 is 15.2 Å². The van der Waals surface area contributed by atoms with Crippen LogP contribution in [0, 0.1) is 29.1 Å². The van der Waals surface area contributed by atoms with Crippen molar-refractivity contribution < 1.29 is 14.6 Å². The van der Waals surface area contributed by atoms with Gasteiger partial charge in [0, 0.05) is 59.9 Å². The molecule has 1 N–H and O–H groups in total. The number of anilines is 1. The highest BCUT2D eigenvalue weighted by Crippen LogP contribution is 2.65. The van der Waals surface area contributed by atoms with E-state index < -0.39 is 5.97 Å². The first-order chi connectivity index (χ1) is 23.3. The molecule has 0 amide bonds. The summed E-state index contributed by atoms with van der Waals surface area (Å²) >= 11 is 7.68. The van der Waals surface area contributed by atoms with Crippen LogP contribution in [0.4, 0.5) is 5.82 Å². The van der Waals surface area contributed by atoms with E-state index in [1.54, 1.807) is 49.0 Å². The molecule has 0 unspecified atom stereocenters. The van der Waals surface area contributed by atoms with Gasteiger partial charge in [-0.1, -0.05) is 39.3 Å². The highest BCUT2D eigenvalue weighted by molar-refractivity contribution is 7.18. The van der Waals surface area contributed by atoms with E-state index in [0.29, 0.717) is 62.8 Å². The lowest BCUT2D eigenvalue weighted by Crippen LogP contribution is -2.49. The molecule has 13 heteroatoms. The van der Waals surface area contributed by atoms with Crippen LogP contribution in [0.2, 0.25) is 5.02 Å². The van der Waals surface area contributed by atoms with Gasteiger partial charge in [0.15, 0.2) is 0 Å². The van der Waals surface area contributed by atoms with E-state index in [1.807, 2.05) is 0 Å². The number of ether oxygens (including phenoxy) is 1. The molecule has 1 aromatic carbocycles. The standard InChI is InChI=1S/C36H36ClN7O4S/c1-20-41-26-18-40-31(42-10-12-43(13-11-42)34-35(2,3)36(34,4)5)24(17-38)28(26)32(45)44(20)14-15-48-27-7-6-21(37)16-23(27)22-8-9-39-29-25(33(46)47)19-49-30(22)29/h6-9,16,18-19,34H,10-15H2,1-5H3,(H,46,47). The van der Waals surface area contributed by atoms with Crippen molar-refractivity contribution in [3.05, 3.63) is 74.4 Å². The Balaban J connectivity index is 1.14. The Kier molecular flexibility index (Phi) is 8.13. The summed E-state index contributed by atoms with van der Waals surface area (Å²) < 4.78 is 8.48. The number of halogens is 1.